The molecule has 8 nitrogen and oxygen atoms in total. The van der Waals surface area contributed by atoms with Gasteiger partial charge < -0.3 is 25.4 Å². The Hall–Kier alpha value is -2.61. The van der Waals surface area contributed by atoms with Crippen LogP contribution in [-0.4, -0.2) is 71.5 Å². The van der Waals surface area contributed by atoms with Crippen molar-refractivity contribution in [3.05, 3.63) is 30.3 Å². The van der Waals surface area contributed by atoms with Crippen molar-refractivity contribution in [1.82, 2.24) is 9.80 Å². The monoisotopic (exact) mass is 349 g/mol. The number of carbonyl (C=O) groups is 3. The van der Waals surface area contributed by atoms with Gasteiger partial charge in [0.15, 0.2) is 6.61 Å². The van der Waals surface area contributed by atoms with Crippen molar-refractivity contribution < 1.29 is 24.2 Å². The molecule has 1 atom stereocenters. The molecule has 2 rings (SSSR count). The molecule has 1 aromatic rings. The molecule has 0 spiro atoms. The Morgan fingerprint density at radius 2 is 1.60 bits per heavy atom. The average molecular weight is 349 g/mol. The van der Waals surface area contributed by atoms with Gasteiger partial charge in [-0.2, -0.15) is 0 Å². The Morgan fingerprint density at radius 3 is 2.16 bits per heavy atom. The number of hydrogen-bond acceptors (Lipinski definition) is 5. The predicted molar refractivity (Wildman–Crippen MR) is 89.9 cm³/mol. The second-order valence-corrected chi connectivity index (χ2v) is 5.85. The van der Waals surface area contributed by atoms with Gasteiger partial charge in [0, 0.05) is 32.6 Å². The number of carboxylic acid groups (broad SMARTS) is 1. The van der Waals surface area contributed by atoms with Crippen LogP contribution in [0.25, 0.3) is 0 Å². The minimum Gasteiger partial charge on any atom is -0.484 e. The molecule has 0 radical (unpaired) electrons. The van der Waals surface area contributed by atoms with E-state index in [0.29, 0.717) is 31.9 Å². The number of aliphatic carboxylic acids is 1. The zero-order valence-electron chi connectivity index (χ0n) is 14.0. The van der Waals surface area contributed by atoms with E-state index in [0.717, 1.165) is 0 Å². The summed E-state index contributed by atoms with van der Waals surface area (Å²) in [5.41, 5.74) is 5.40. The molecule has 136 valence electrons. The van der Waals surface area contributed by atoms with Gasteiger partial charge in [-0.25, -0.2) is 0 Å². The van der Waals surface area contributed by atoms with Gasteiger partial charge in [0.05, 0.1) is 0 Å². The van der Waals surface area contributed by atoms with E-state index in [9.17, 15) is 14.4 Å². The van der Waals surface area contributed by atoms with Gasteiger partial charge in [0.25, 0.3) is 5.91 Å². The topological polar surface area (TPSA) is 113 Å². The maximum Gasteiger partial charge on any atom is 0.320 e. The molecule has 25 heavy (non-hydrogen) atoms. The third kappa shape index (κ3) is 5.75. The van der Waals surface area contributed by atoms with E-state index < -0.39 is 12.0 Å². The molecule has 3 N–H and O–H groups in total. The standard InChI is InChI=1S/C17H23N3O5/c18-14(17(23)24)6-7-15(21)19-8-10-20(11-9-19)16(22)12-25-13-4-2-1-3-5-13/h1-5,14H,6-12,18H2,(H,23,24)/t14-/m0/s1. The summed E-state index contributed by atoms with van der Waals surface area (Å²) in [6, 6.07) is 8.08. The number of carboxylic acids is 1. The minimum atomic E-state index is -1.11. The summed E-state index contributed by atoms with van der Waals surface area (Å²) in [5, 5.41) is 8.73. The molecule has 1 aliphatic rings. The number of nitrogens with two attached hydrogens (primary N) is 1. The quantitative estimate of drug-likeness (QED) is 0.712. The van der Waals surface area contributed by atoms with Crippen LogP contribution in [0.3, 0.4) is 0 Å². The number of carbonyl (C=O) groups excluding carboxylic acids is 2. The Kier molecular flexibility index (Phi) is 6.76. The lowest BCUT2D eigenvalue weighted by atomic mass is 10.1. The summed E-state index contributed by atoms with van der Waals surface area (Å²) >= 11 is 0. The molecule has 8 heteroatoms. The molecule has 0 aliphatic carbocycles. The Labute approximate surface area is 146 Å². The second-order valence-electron chi connectivity index (χ2n) is 5.85. The van der Waals surface area contributed by atoms with Crippen LogP contribution in [-0.2, 0) is 14.4 Å². The number of ether oxygens (including phenoxy) is 1. The lowest BCUT2D eigenvalue weighted by Crippen LogP contribution is -2.51. The number of piperazine rings is 1. The fourth-order valence-electron chi connectivity index (χ4n) is 2.52. The first-order valence-corrected chi connectivity index (χ1v) is 8.19. The molecule has 1 heterocycles. The van der Waals surface area contributed by atoms with E-state index in [1.54, 1.807) is 21.9 Å². The Morgan fingerprint density at radius 1 is 1.04 bits per heavy atom. The van der Waals surface area contributed by atoms with E-state index in [1.165, 1.54) is 0 Å². The summed E-state index contributed by atoms with van der Waals surface area (Å²) in [7, 11) is 0. The fraction of sp³-hybridized carbons (Fsp3) is 0.471. The number of amides is 2. The van der Waals surface area contributed by atoms with Crippen LogP contribution in [0.1, 0.15) is 12.8 Å². The normalized spacial score (nSPS) is 15.6. The van der Waals surface area contributed by atoms with Gasteiger partial charge in [-0.15, -0.1) is 0 Å². The van der Waals surface area contributed by atoms with Crippen molar-refractivity contribution in [3.8, 4) is 5.75 Å². The fourth-order valence-corrected chi connectivity index (χ4v) is 2.52. The van der Waals surface area contributed by atoms with Gasteiger partial charge in [0.2, 0.25) is 5.91 Å². The highest BCUT2D eigenvalue weighted by Gasteiger charge is 2.25. The van der Waals surface area contributed by atoms with Gasteiger partial charge in [-0.05, 0) is 18.6 Å². The maximum absolute atomic E-state index is 12.2. The minimum absolute atomic E-state index is 0.0363. The first kappa shape index (κ1) is 18.7. The molecular weight excluding hydrogens is 326 g/mol. The third-order valence-electron chi connectivity index (χ3n) is 4.08. The molecule has 1 saturated heterocycles. The van der Waals surface area contributed by atoms with E-state index in [4.69, 9.17) is 15.6 Å². The molecule has 2 amide bonds. The van der Waals surface area contributed by atoms with Gasteiger partial charge in [0.1, 0.15) is 11.8 Å². The summed E-state index contributed by atoms with van der Waals surface area (Å²) in [4.78, 5) is 38.2. The zero-order valence-corrected chi connectivity index (χ0v) is 14.0. The number of rotatable bonds is 7. The average Bonchev–Trinajstić information content (AvgIpc) is 2.64. The zero-order chi connectivity index (χ0) is 18.2. The Bertz CT molecular complexity index is 600. The first-order valence-electron chi connectivity index (χ1n) is 8.19. The van der Waals surface area contributed by atoms with Crippen LogP contribution < -0.4 is 10.5 Å². The SMILES string of the molecule is N[C@@H](CCC(=O)N1CCN(C(=O)COc2ccccc2)CC1)C(=O)O. The number of benzene rings is 1. The van der Waals surface area contributed by atoms with Crippen LogP contribution in [0, 0.1) is 0 Å². The van der Waals surface area contributed by atoms with Gasteiger partial charge in [-0.1, -0.05) is 18.2 Å². The summed E-state index contributed by atoms with van der Waals surface area (Å²) in [5.74, 6) is -0.728. The smallest absolute Gasteiger partial charge is 0.320 e. The molecule has 1 aliphatic heterocycles. The van der Waals surface area contributed by atoms with Crippen molar-refractivity contribution in [2.24, 2.45) is 5.73 Å². The molecule has 0 saturated carbocycles. The van der Waals surface area contributed by atoms with Crippen LogP contribution >= 0.6 is 0 Å². The summed E-state index contributed by atoms with van der Waals surface area (Å²) in [6.07, 6.45) is 0.205. The van der Waals surface area contributed by atoms with E-state index in [-0.39, 0.29) is 31.3 Å². The number of nitrogens with zero attached hydrogens (tertiary/aromatic N) is 2. The van der Waals surface area contributed by atoms with Gasteiger partial charge in [-0.3, -0.25) is 14.4 Å². The van der Waals surface area contributed by atoms with Crippen molar-refractivity contribution in [3.63, 3.8) is 0 Å². The third-order valence-corrected chi connectivity index (χ3v) is 4.08. The molecule has 1 fully saturated rings. The highest BCUT2D eigenvalue weighted by atomic mass is 16.5. The van der Waals surface area contributed by atoms with E-state index in [2.05, 4.69) is 0 Å². The largest absolute Gasteiger partial charge is 0.484 e. The van der Waals surface area contributed by atoms with Crippen LogP contribution in [0.2, 0.25) is 0 Å². The molecular formula is C17H23N3O5. The van der Waals surface area contributed by atoms with Crippen LogP contribution in [0.5, 0.6) is 5.75 Å². The lowest BCUT2D eigenvalue weighted by molar-refractivity contribution is -0.141. The van der Waals surface area contributed by atoms with E-state index in [1.807, 2.05) is 18.2 Å². The molecule has 0 unspecified atom stereocenters. The highest BCUT2D eigenvalue weighted by molar-refractivity contribution is 5.80. The molecule has 0 aromatic heterocycles. The van der Waals surface area contributed by atoms with Gasteiger partial charge >= 0.3 is 5.97 Å². The first-order chi connectivity index (χ1) is 12.0. The lowest BCUT2D eigenvalue weighted by Gasteiger charge is -2.34. The Balaban J connectivity index is 1.70. The second kappa shape index (κ2) is 9.03. The van der Waals surface area contributed by atoms with Crippen LogP contribution in [0.15, 0.2) is 30.3 Å². The molecule has 0 bridgehead atoms. The highest BCUT2D eigenvalue weighted by Crippen LogP contribution is 2.10. The van der Waals surface area contributed by atoms with Crippen molar-refractivity contribution in [2.75, 3.05) is 32.8 Å². The molecule has 1 aromatic carbocycles. The van der Waals surface area contributed by atoms with Crippen molar-refractivity contribution >= 4 is 17.8 Å². The van der Waals surface area contributed by atoms with Crippen LogP contribution in [0.4, 0.5) is 0 Å². The van der Waals surface area contributed by atoms with E-state index >= 15 is 0 Å². The summed E-state index contributed by atoms with van der Waals surface area (Å²) < 4.78 is 5.44. The van der Waals surface area contributed by atoms with Crippen molar-refractivity contribution in [1.29, 1.82) is 0 Å². The number of hydrogen-bond donors (Lipinski definition) is 2. The maximum atomic E-state index is 12.2. The number of para-hydroxylation sites is 1. The van der Waals surface area contributed by atoms with Crippen molar-refractivity contribution in [2.45, 2.75) is 18.9 Å². The summed E-state index contributed by atoms with van der Waals surface area (Å²) in [6.45, 7) is 1.70. The predicted octanol–water partition coefficient (Wildman–Crippen LogP) is -0.0717.